The first-order chi connectivity index (χ1) is 15.8. The van der Waals surface area contributed by atoms with Crippen LogP contribution in [0, 0.1) is 5.41 Å². The second-order valence-corrected chi connectivity index (χ2v) is 8.58. The van der Waals surface area contributed by atoms with E-state index >= 15 is 0 Å². The Morgan fingerprint density at radius 1 is 0.647 bits per heavy atom. The Morgan fingerprint density at radius 3 is 1.35 bits per heavy atom. The highest BCUT2D eigenvalue weighted by molar-refractivity contribution is 5.85. The number of carbonyl (C=O) groups is 5. The lowest BCUT2D eigenvalue weighted by atomic mass is 9.91. The minimum absolute atomic E-state index is 0.187. The van der Waals surface area contributed by atoms with Crippen molar-refractivity contribution in [2.45, 2.75) is 45.6 Å². The zero-order valence-electron chi connectivity index (χ0n) is 19.8. The number of carbonyl (C=O) groups excluding carboxylic acids is 2. The lowest BCUT2D eigenvalue weighted by Gasteiger charge is -2.34. The Balaban J connectivity index is 5.26. The first-order valence-corrected chi connectivity index (χ1v) is 10.6. The van der Waals surface area contributed by atoms with E-state index < -0.39 is 41.4 Å². The van der Waals surface area contributed by atoms with Crippen LogP contribution in [0.25, 0.3) is 0 Å². The number of Topliss-reactive ketones (excluding diaryl/α,β-unsaturated/α-hetero) is 1. The highest BCUT2D eigenvalue weighted by atomic mass is 16.5. The van der Waals surface area contributed by atoms with Crippen molar-refractivity contribution < 1.29 is 58.2 Å². The van der Waals surface area contributed by atoms with Crippen LogP contribution in [0.3, 0.4) is 0 Å². The van der Waals surface area contributed by atoms with Crippen LogP contribution in [-0.2, 0) is 42.9 Å². The first-order valence-electron chi connectivity index (χ1n) is 10.6. The van der Waals surface area contributed by atoms with Crippen LogP contribution in [0.4, 0.5) is 0 Å². The fourth-order valence-corrected chi connectivity index (χ4v) is 2.30. The van der Waals surface area contributed by atoms with E-state index in [0.717, 1.165) is 0 Å². The zero-order chi connectivity index (χ0) is 26.2. The fraction of sp³-hybridized carbons (Fsp3) is 0.762. The Kier molecular flexibility index (Phi) is 14.9. The van der Waals surface area contributed by atoms with Crippen molar-refractivity contribution in [1.82, 2.24) is 5.32 Å². The monoisotopic (exact) mass is 493 g/mol. The zero-order valence-corrected chi connectivity index (χ0v) is 19.8. The van der Waals surface area contributed by atoms with E-state index in [-0.39, 0.29) is 71.3 Å². The van der Waals surface area contributed by atoms with Gasteiger partial charge in [0, 0.05) is 5.41 Å². The molecule has 0 aliphatic heterocycles. The second-order valence-electron chi connectivity index (χ2n) is 8.58. The molecule has 0 rings (SSSR count). The van der Waals surface area contributed by atoms with E-state index in [0.29, 0.717) is 0 Å². The van der Waals surface area contributed by atoms with Gasteiger partial charge in [-0.1, -0.05) is 20.8 Å². The third kappa shape index (κ3) is 16.1. The van der Waals surface area contributed by atoms with E-state index in [1.807, 2.05) is 0 Å². The predicted octanol–water partition coefficient (Wildman–Crippen LogP) is -0.0529. The summed E-state index contributed by atoms with van der Waals surface area (Å²) in [5, 5.41) is 29.0. The summed E-state index contributed by atoms with van der Waals surface area (Å²) >= 11 is 0. The lowest BCUT2D eigenvalue weighted by molar-refractivity contribution is -0.142. The van der Waals surface area contributed by atoms with Crippen LogP contribution in [-0.4, -0.2) is 103 Å². The molecule has 196 valence electrons. The van der Waals surface area contributed by atoms with Gasteiger partial charge < -0.3 is 39.6 Å². The maximum atomic E-state index is 12.5. The molecule has 0 aromatic rings. The van der Waals surface area contributed by atoms with Gasteiger partial charge in [-0.3, -0.25) is 24.0 Å². The highest BCUT2D eigenvalue weighted by Crippen LogP contribution is 2.14. The number of carboxylic acids is 3. The molecular formula is C21H35NO12. The number of rotatable bonds is 20. The number of hydrogen-bond donors (Lipinski definition) is 4. The van der Waals surface area contributed by atoms with Gasteiger partial charge in [-0.25, -0.2) is 0 Å². The number of carboxylic acid groups (broad SMARTS) is 3. The van der Waals surface area contributed by atoms with Crippen molar-refractivity contribution in [3.05, 3.63) is 0 Å². The molecule has 0 heterocycles. The Hall–Kier alpha value is -2.61. The number of ether oxygens (including phenoxy) is 4. The largest absolute Gasteiger partial charge is 0.481 e. The summed E-state index contributed by atoms with van der Waals surface area (Å²) in [6.45, 7) is 2.98. The second kappa shape index (κ2) is 16.1. The van der Waals surface area contributed by atoms with E-state index in [9.17, 15) is 24.0 Å². The van der Waals surface area contributed by atoms with Gasteiger partial charge in [0.05, 0.1) is 58.9 Å². The van der Waals surface area contributed by atoms with Crippen LogP contribution in [0.5, 0.6) is 0 Å². The van der Waals surface area contributed by atoms with E-state index in [1.54, 1.807) is 20.8 Å². The van der Waals surface area contributed by atoms with E-state index in [4.69, 9.17) is 34.3 Å². The van der Waals surface area contributed by atoms with Crippen molar-refractivity contribution in [1.29, 1.82) is 0 Å². The standard InChI is InChI=1S/C21H35NO12/c1-20(2,3)15(23)10-34-11-16(24)22-21(12-31-7-4-17(25)26,13-32-8-5-18(27)28)14-33-9-6-19(29)30/h4-14H2,1-3H3,(H,22,24)(H,25,26)(H,27,28)(H,29,30). The molecule has 13 heteroatoms. The van der Waals surface area contributed by atoms with Gasteiger partial charge in [0.15, 0.2) is 5.78 Å². The van der Waals surface area contributed by atoms with Crippen molar-refractivity contribution in [3.8, 4) is 0 Å². The number of ketones is 1. The maximum absolute atomic E-state index is 12.5. The van der Waals surface area contributed by atoms with Gasteiger partial charge >= 0.3 is 17.9 Å². The molecule has 0 aliphatic carbocycles. The van der Waals surface area contributed by atoms with Crippen LogP contribution >= 0.6 is 0 Å². The third-order valence-electron chi connectivity index (χ3n) is 4.22. The third-order valence-corrected chi connectivity index (χ3v) is 4.22. The van der Waals surface area contributed by atoms with Crippen molar-refractivity contribution >= 4 is 29.6 Å². The summed E-state index contributed by atoms with van der Waals surface area (Å²) in [5.74, 6) is -4.16. The Morgan fingerprint density at radius 2 is 1.03 bits per heavy atom. The van der Waals surface area contributed by atoms with Crippen molar-refractivity contribution in [2.75, 3.05) is 52.9 Å². The van der Waals surface area contributed by atoms with Gasteiger partial charge in [-0.05, 0) is 0 Å². The van der Waals surface area contributed by atoms with Crippen LogP contribution in [0.15, 0.2) is 0 Å². The molecule has 0 bridgehead atoms. The number of aliphatic carboxylic acids is 3. The molecule has 34 heavy (non-hydrogen) atoms. The summed E-state index contributed by atoms with van der Waals surface area (Å²) < 4.78 is 21.3. The molecule has 13 nitrogen and oxygen atoms in total. The number of nitrogens with one attached hydrogen (secondary N) is 1. The van der Waals surface area contributed by atoms with Crippen molar-refractivity contribution in [2.24, 2.45) is 5.41 Å². The normalized spacial score (nSPS) is 11.7. The van der Waals surface area contributed by atoms with Gasteiger partial charge in [-0.2, -0.15) is 0 Å². The summed E-state index contributed by atoms with van der Waals surface area (Å²) in [6.07, 6.45) is -0.911. The minimum Gasteiger partial charge on any atom is -0.481 e. The van der Waals surface area contributed by atoms with Crippen LogP contribution < -0.4 is 5.32 Å². The average molecular weight is 494 g/mol. The molecule has 0 radical (unpaired) electrons. The molecule has 0 unspecified atom stereocenters. The molecule has 1 amide bonds. The summed E-state index contributed by atoms with van der Waals surface area (Å²) in [5.41, 5.74) is -2.04. The smallest absolute Gasteiger partial charge is 0.305 e. The number of hydrogen-bond acceptors (Lipinski definition) is 9. The summed E-state index contributed by atoms with van der Waals surface area (Å²) in [6, 6.07) is 0. The van der Waals surface area contributed by atoms with E-state index in [2.05, 4.69) is 5.32 Å². The highest BCUT2D eigenvalue weighted by Gasteiger charge is 2.34. The van der Waals surface area contributed by atoms with Gasteiger partial charge in [-0.15, -0.1) is 0 Å². The van der Waals surface area contributed by atoms with E-state index in [1.165, 1.54) is 0 Å². The molecule has 0 atom stereocenters. The maximum Gasteiger partial charge on any atom is 0.305 e. The molecule has 0 saturated heterocycles. The van der Waals surface area contributed by atoms with Gasteiger partial charge in [0.25, 0.3) is 0 Å². The summed E-state index contributed by atoms with van der Waals surface area (Å²) in [4.78, 5) is 56.7. The number of amides is 1. The van der Waals surface area contributed by atoms with Crippen LogP contribution in [0.2, 0.25) is 0 Å². The fourth-order valence-electron chi connectivity index (χ4n) is 2.30. The SMILES string of the molecule is CC(C)(C)C(=O)COCC(=O)NC(COCCC(=O)O)(COCCC(=O)O)COCCC(=O)O. The summed E-state index contributed by atoms with van der Waals surface area (Å²) in [7, 11) is 0. The lowest BCUT2D eigenvalue weighted by Crippen LogP contribution is -2.59. The van der Waals surface area contributed by atoms with Crippen LogP contribution in [0.1, 0.15) is 40.0 Å². The topological polar surface area (TPSA) is 195 Å². The molecule has 0 fully saturated rings. The van der Waals surface area contributed by atoms with Gasteiger partial charge in [0.1, 0.15) is 18.8 Å². The quantitative estimate of drug-likeness (QED) is 0.165. The molecular weight excluding hydrogens is 458 g/mol. The molecule has 0 spiro atoms. The molecule has 0 saturated carbocycles. The van der Waals surface area contributed by atoms with Crippen molar-refractivity contribution in [3.63, 3.8) is 0 Å². The first kappa shape index (κ1) is 31.4. The molecule has 4 N–H and O–H groups in total. The van der Waals surface area contributed by atoms with Gasteiger partial charge in [0.2, 0.25) is 5.91 Å². The molecule has 0 aromatic heterocycles. The predicted molar refractivity (Wildman–Crippen MR) is 115 cm³/mol. The molecule has 0 aromatic carbocycles. The average Bonchev–Trinajstić information content (AvgIpc) is 2.70. The Bertz CT molecular complexity index is 631. The minimum atomic E-state index is -1.40. The molecule has 0 aliphatic rings. The Labute approximate surface area is 197 Å².